The lowest BCUT2D eigenvalue weighted by Gasteiger charge is -2.03. The summed E-state index contributed by atoms with van der Waals surface area (Å²) in [5, 5.41) is 0. The molecule has 0 radical (unpaired) electrons. The number of rotatable bonds is 4. The van der Waals surface area contributed by atoms with Gasteiger partial charge in [0.15, 0.2) is 0 Å². The quantitative estimate of drug-likeness (QED) is 0.391. The van der Waals surface area contributed by atoms with Gasteiger partial charge in [0.2, 0.25) is 0 Å². The van der Waals surface area contributed by atoms with Crippen LogP contribution in [-0.4, -0.2) is 5.75 Å². The van der Waals surface area contributed by atoms with Gasteiger partial charge in [-0.25, -0.2) is 0 Å². The molecular weight excluding hydrogens is 180 g/mol. The minimum absolute atomic E-state index is 0.870. The van der Waals surface area contributed by atoms with E-state index in [2.05, 4.69) is 24.1 Å². The summed E-state index contributed by atoms with van der Waals surface area (Å²) in [6.07, 6.45) is 5.11. The highest BCUT2D eigenvalue weighted by molar-refractivity contribution is 7.80. The number of hydrazine groups is 1. The largest absolute Gasteiger partial charge is 0.324 e. The third-order valence-corrected chi connectivity index (χ3v) is 1.97. The number of allylic oxidation sites excluding steroid dienone is 1. The van der Waals surface area contributed by atoms with E-state index >= 15 is 0 Å². The predicted molar refractivity (Wildman–Crippen MR) is 61.8 cm³/mol. The average molecular weight is 194 g/mol. The van der Waals surface area contributed by atoms with Crippen molar-refractivity contribution in [3.05, 3.63) is 35.9 Å². The zero-order chi connectivity index (χ0) is 9.52. The molecule has 70 valence electrons. The lowest BCUT2D eigenvalue weighted by Crippen LogP contribution is -2.07. The van der Waals surface area contributed by atoms with E-state index < -0.39 is 0 Å². The van der Waals surface area contributed by atoms with Crippen LogP contribution in [0.1, 0.15) is 12.0 Å². The molecule has 0 unspecified atom stereocenters. The van der Waals surface area contributed by atoms with Crippen molar-refractivity contribution in [2.24, 2.45) is 5.84 Å². The summed E-state index contributed by atoms with van der Waals surface area (Å²) >= 11 is 4.12. The van der Waals surface area contributed by atoms with Crippen molar-refractivity contribution in [3.63, 3.8) is 0 Å². The van der Waals surface area contributed by atoms with Crippen molar-refractivity contribution < 1.29 is 0 Å². The lowest BCUT2D eigenvalue weighted by molar-refractivity contribution is 1.26. The Bertz CT molecular complexity index is 284. The Morgan fingerprint density at radius 2 is 2.15 bits per heavy atom. The molecule has 0 spiro atoms. The average Bonchev–Trinajstić information content (AvgIpc) is 2.19. The SMILES string of the molecule is NNc1ccccc1C=CCCS. The Morgan fingerprint density at radius 3 is 2.85 bits per heavy atom. The molecule has 13 heavy (non-hydrogen) atoms. The number of nitrogens with two attached hydrogens (primary N) is 1. The molecule has 0 aliphatic carbocycles. The number of para-hydroxylation sites is 1. The van der Waals surface area contributed by atoms with E-state index in [1.807, 2.05) is 30.3 Å². The molecule has 1 rings (SSSR count). The summed E-state index contributed by atoms with van der Waals surface area (Å²) in [6, 6.07) is 7.90. The van der Waals surface area contributed by atoms with Crippen LogP contribution in [0.4, 0.5) is 5.69 Å². The van der Waals surface area contributed by atoms with Crippen LogP contribution in [0, 0.1) is 0 Å². The zero-order valence-corrected chi connectivity index (χ0v) is 8.30. The summed E-state index contributed by atoms with van der Waals surface area (Å²) in [7, 11) is 0. The fourth-order valence-corrected chi connectivity index (χ4v) is 1.21. The molecule has 0 saturated heterocycles. The number of nitrogen functional groups attached to an aromatic ring is 1. The van der Waals surface area contributed by atoms with Crippen LogP contribution < -0.4 is 11.3 Å². The molecule has 3 heteroatoms. The van der Waals surface area contributed by atoms with E-state index in [1.165, 1.54) is 0 Å². The van der Waals surface area contributed by atoms with E-state index in [-0.39, 0.29) is 0 Å². The molecule has 3 N–H and O–H groups in total. The maximum Gasteiger partial charge on any atom is 0.0557 e. The molecule has 0 fully saturated rings. The first-order valence-electron chi connectivity index (χ1n) is 4.21. The topological polar surface area (TPSA) is 38.0 Å². The smallest absolute Gasteiger partial charge is 0.0557 e. The van der Waals surface area contributed by atoms with Crippen LogP contribution in [-0.2, 0) is 0 Å². The van der Waals surface area contributed by atoms with E-state index in [4.69, 9.17) is 5.84 Å². The first-order chi connectivity index (χ1) is 6.38. The molecular formula is C10H14N2S. The van der Waals surface area contributed by atoms with E-state index in [0.717, 1.165) is 23.4 Å². The van der Waals surface area contributed by atoms with Gasteiger partial charge in [0.25, 0.3) is 0 Å². The van der Waals surface area contributed by atoms with Crippen molar-refractivity contribution in [2.45, 2.75) is 6.42 Å². The van der Waals surface area contributed by atoms with Gasteiger partial charge in [0.1, 0.15) is 0 Å². The second kappa shape index (κ2) is 5.67. The lowest BCUT2D eigenvalue weighted by atomic mass is 10.1. The second-order valence-electron chi connectivity index (χ2n) is 2.65. The van der Waals surface area contributed by atoms with E-state index in [0.29, 0.717) is 0 Å². The first kappa shape index (κ1) is 10.2. The van der Waals surface area contributed by atoms with Gasteiger partial charge < -0.3 is 5.43 Å². The summed E-state index contributed by atoms with van der Waals surface area (Å²) in [6.45, 7) is 0. The molecule has 0 saturated carbocycles. The molecule has 0 aliphatic rings. The highest BCUT2D eigenvalue weighted by Gasteiger charge is 1.93. The maximum atomic E-state index is 5.36. The highest BCUT2D eigenvalue weighted by Crippen LogP contribution is 2.15. The predicted octanol–water partition coefficient (Wildman–Crippen LogP) is 2.31. The molecule has 0 aromatic heterocycles. The fraction of sp³-hybridized carbons (Fsp3) is 0.200. The number of hydrogen-bond acceptors (Lipinski definition) is 3. The van der Waals surface area contributed by atoms with Crippen LogP contribution in [0.25, 0.3) is 6.08 Å². The molecule has 1 aromatic carbocycles. The Morgan fingerprint density at radius 1 is 1.38 bits per heavy atom. The van der Waals surface area contributed by atoms with Gasteiger partial charge in [-0.2, -0.15) is 12.6 Å². The number of hydrogen-bond donors (Lipinski definition) is 3. The van der Waals surface area contributed by atoms with Gasteiger partial charge in [-0.05, 0) is 23.8 Å². The van der Waals surface area contributed by atoms with Gasteiger partial charge in [-0.15, -0.1) is 0 Å². The van der Waals surface area contributed by atoms with Crippen LogP contribution in [0.3, 0.4) is 0 Å². The number of benzene rings is 1. The number of anilines is 1. The van der Waals surface area contributed by atoms with Gasteiger partial charge >= 0.3 is 0 Å². The normalized spacial score (nSPS) is 10.6. The number of thiol groups is 1. The van der Waals surface area contributed by atoms with Crippen molar-refractivity contribution in [1.29, 1.82) is 0 Å². The van der Waals surface area contributed by atoms with Gasteiger partial charge in [-0.1, -0.05) is 30.4 Å². The minimum Gasteiger partial charge on any atom is -0.324 e. The second-order valence-corrected chi connectivity index (χ2v) is 3.09. The standard InChI is InChI=1S/C10H14N2S/c11-12-10-7-2-1-5-9(10)6-3-4-8-13/h1-3,5-7,12-13H,4,8,11H2. The van der Waals surface area contributed by atoms with E-state index in [1.54, 1.807) is 0 Å². The van der Waals surface area contributed by atoms with Crippen LogP contribution in [0.2, 0.25) is 0 Å². The Kier molecular flexibility index (Phi) is 4.43. The summed E-state index contributed by atoms with van der Waals surface area (Å²) < 4.78 is 0. The third kappa shape index (κ3) is 3.13. The first-order valence-corrected chi connectivity index (χ1v) is 4.84. The Balaban J connectivity index is 2.74. The Labute approximate surface area is 84.2 Å². The van der Waals surface area contributed by atoms with E-state index in [9.17, 15) is 0 Å². The van der Waals surface area contributed by atoms with Crippen molar-refractivity contribution in [3.8, 4) is 0 Å². The molecule has 0 atom stereocenters. The minimum atomic E-state index is 0.870. The molecule has 2 nitrogen and oxygen atoms in total. The number of nitrogens with one attached hydrogen (secondary N) is 1. The zero-order valence-electron chi connectivity index (χ0n) is 7.40. The van der Waals surface area contributed by atoms with Gasteiger partial charge in [0.05, 0.1) is 5.69 Å². The van der Waals surface area contributed by atoms with Crippen LogP contribution in [0.15, 0.2) is 30.3 Å². The van der Waals surface area contributed by atoms with Crippen molar-refractivity contribution >= 4 is 24.4 Å². The molecule has 0 amide bonds. The van der Waals surface area contributed by atoms with Gasteiger partial charge in [0, 0.05) is 0 Å². The maximum absolute atomic E-state index is 5.36. The summed E-state index contributed by atoms with van der Waals surface area (Å²) in [4.78, 5) is 0. The van der Waals surface area contributed by atoms with Crippen molar-refractivity contribution in [1.82, 2.24) is 0 Å². The fourth-order valence-electron chi connectivity index (χ4n) is 1.06. The van der Waals surface area contributed by atoms with Gasteiger partial charge in [-0.3, -0.25) is 5.84 Å². The van der Waals surface area contributed by atoms with Crippen LogP contribution >= 0.6 is 12.6 Å². The molecule has 1 aromatic rings. The third-order valence-electron chi connectivity index (χ3n) is 1.71. The highest BCUT2D eigenvalue weighted by atomic mass is 32.1. The van der Waals surface area contributed by atoms with Crippen molar-refractivity contribution in [2.75, 3.05) is 11.2 Å². The summed E-state index contributed by atoms with van der Waals surface area (Å²) in [5.41, 5.74) is 4.70. The molecule has 0 aliphatic heterocycles. The molecule has 0 heterocycles. The summed E-state index contributed by atoms with van der Waals surface area (Å²) in [5.74, 6) is 6.23. The monoisotopic (exact) mass is 194 g/mol. The molecule has 0 bridgehead atoms. The Hall–Kier alpha value is -0.930. The van der Waals surface area contributed by atoms with Crippen LogP contribution in [0.5, 0.6) is 0 Å².